The number of nitrogen functional groups attached to an aromatic ring is 1. The van der Waals surface area contributed by atoms with Crippen LogP contribution in [0.25, 0.3) is 0 Å². The standard InChI is InChI=1S/C7H10ClN3/c1-3-5-4(2)10-7(8)11-6(5)9/h3H2,1-2H3,(H2,9,10,11). The molecule has 1 heterocycles. The van der Waals surface area contributed by atoms with Crippen LogP contribution in [0.5, 0.6) is 0 Å². The molecule has 0 aliphatic heterocycles. The first kappa shape index (κ1) is 8.27. The molecule has 0 radical (unpaired) electrons. The monoisotopic (exact) mass is 171 g/mol. The predicted octanol–water partition coefficient (Wildman–Crippen LogP) is 1.58. The first-order chi connectivity index (χ1) is 5.15. The zero-order valence-corrected chi connectivity index (χ0v) is 7.31. The van der Waals surface area contributed by atoms with Crippen LogP contribution < -0.4 is 5.73 Å². The molecule has 0 aromatic carbocycles. The summed E-state index contributed by atoms with van der Waals surface area (Å²) >= 11 is 5.58. The van der Waals surface area contributed by atoms with Crippen molar-refractivity contribution in [2.24, 2.45) is 0 Å². The Balaban J connectivity index is 3.25. The molecule has 0 saturated heterocycles. The summed E-state index contributed by atoms with van der Waals surface area (Å²) in [5.41, 5.74) is 7.44. The van der Waals surface area contributed by atoms with Gasteiger partial charge in [-0.15, -0.1) is 0 Å². The average Bonchev–Trinajstić information content (AvgIpc) is 1.85. The van der Waals surface area contributed by atoms with Gasteiger partial charge in [-0.05, 0) is 24.9 Å². The van der Waals surface area contributed by atoms with Gasteiger partial charge in [0.15, 0.2) is 0 Å². The van der Waals surface area contributed by atoms with E-state index < -0.39 is 0 Å². The second-order valence-electron chi connectivity index (χ2n) is 2.30. The smallest absolute Gasteiger partial charge is 0.224 e. The summed E-state index contributed by atoms with van der Waals surface area (Å²) in [6.45, 7) is 3.89. The van der Waals surface area contributed by atoms with Crippen molar-refractivity contribution in [1.29, 1.82) is 0 Å². The lowest BCUT2D eigenvalue weighted by atomic mass is 10.2. The molecule has 60 valence electrons. The fourth-order valence-corrected chi connectivity index (χ4v) is 1.24. The highest BCUT2D eigenvalue weighted by Crippen LogP contribution is 2.15. The highest BCUT2D eigenvalue weighted by molar-refractivity contribution is 6.28. The Labute approximate surface area is 70.6 Å². The van der Waals surface area contributed by atoms with Crippen LogP contribution in [-0.2, 0) is 6.42 Å². The van der Waals surface area contributed by atoms with Crippen LogP contribution in [-0.4, -0.2) is 9.97 Å². The van der Waals surface area contributed by atoms with Crippen LogP contribution in [0.15, 0.2) is 0 Å². The number of aromatic nitrogens is 2. The Kier molecular flexibility index (Phi) is 2.29. The molecule has 0 aliphatic carbocycles. The minimum atomic E-state index is 0.220. The lowest BCUT2D eigenvalue weighted by molar-refractivity contribution is 1.00. The van der Waals surface area contributed by atoms with Gasteiger partial charge in [0.2, 0.25) is 5.28 Å². The van der Waals surface area contributed by atoms with Gasteiger partial charge < -0.3 is 5.73 Å². The summed E-state index contributed by atoms with van der Waals surface area (Å²) in [6.07, 6.45) is 0.842. The van der Waals surface area contributed by atoms with Gasteiger partial charge in [0.05, 0.1) is 0 Å². The van der Waals surface area contributed by atoms with Crippen molar-refractivity contribution in [1.82, 2.24) is 9.97 Å². The average molecular weight is 172 g/mol. The second kappa shape index (κ2) is 3.05. The molecule has 1 rings (SSSR count). The Hall–Kier alpha value is -0.830. The van der Waals surface area contributed by atoms with E-state index in [9.17, 15) is 0 Å². The van der Waals surface area contributed by atoms with E-state index in [4.69, 9.17) is 17.3 Å². The molecular weight excluding hydrogens is 162 g/mol. The lowest BCUT2D eigenvalue weighted by Crippen LogP contribution is -2.02. The number of halogens is 1. The Morgan fingerprint density at radius 3 is 2.55 bits per heavy atom. The third-order valence-electron chi connectivity index (χ3n) is 1.57. The summed E-state index contributed by atoms with van der Waals surface area (Å²) in [7, 11) is 0. The van der Waals surface area contributed by atoms with Gasteiger partial charge in [-0.1, -0.05) is 6.92 Å². The Morgan fingerprint density at radius 1 is 1.45 bits per heavy atom. The summed E-state index contributed by atoms with van der Waals surface area (Å²) in [5.74, 6) is 0.491. The molecule has 0 atom stereocenters. The lowest BCUT2D eigenvalue weighted by Gasteiger charge is -2.04. The van der Waals surface area contributed by atoms with Gasteiger partial charge in [0.25, 0.3) is 0 Å². The molecule has 0 bridgehead atoms. The number of nitrogens with zero attached hydrogens (tertiary/aromatic N) is 2. The molecule has 2 N–H and O–H groups in total. The minimum Gasteiger partial charge on any atom is -0.383 e. The van der Waals surface area contributed by atoms with E-state index in [1.807, 2.05) is 13.8 Å². The van der Waals surface area contributed by atoms with Crippen molar-refractivity contribution in [3.63, 3.8) is 0 Å². The SMILES string of the molecule is CCc1c(C)nc(Cl)nc1N. The van der Waals surface area contributed by atoms with Crippen LogP contribution in [0.1, 0.15) is 18.2 Å². The Bertz CT molecular complexity index is 249. The molecule has 1 aromatic rings. The molecule has 0 amide bonds. The zero-order valence-electron chi connectivity index (χ0n) is 6.56. The maximum Gasteiger partial charge on any atom is 0.224 e. The highest BCUT2D eigenvalue weighted by Gasteiger charge is 2.04. The van der Waals surface area contributed by atoms with Gasteiger partial charge in [-0.25, -0.2) is 9.97 Å². The summed E-state index contributed by atoms with van der Waals surface area (Å²) < 4.78 is 0. The van der Waals surface area contributed by atoms with Crippen LogP contribution in [0.4, 0.5) is 5.82 Å². The number of aryl methyl sites for hydroxylation is 1. The first-order valence-corrected chi connectivity index (χ1v) is 3.81. The van der Waals surface area contributed by atoms with Crippen LogP contribution in [0, 0.1) is 6.92 Å². The molecule has 0 spiro atoms. The maximum atomic E-state index is 5.60. The van der Waals surface area contributed by atoms with E-state index >= 15 is 0 Å². The van der Waals surface area contributed by atoms with Crippen LogP contribution >= 0.6 is 11.6 Å². The number of rotatable bonds is 1. The van der Waals surface area contributed by atoms with E-state index in [0.29, 0.717) is 5.82 Å². The molecule has 0 unspecified atom stereocenters. The van der Waals surface area contributed by atoms with E-state index in [-0.39, 0.29) is 5.28 Å². The number of anilines is 1. The normalized spacial score (nSPS) is 10.1. The quantitative estimate of drug-likeness (QED) is 0.653. The minimum absolute atomic E-state index is 0.220. The van der Waals surface area contributed by atoms with Crippen molar-refractivity contribution in [2.75, 3.05) is 5.73 Å². The highest BCUT2D eigenvalue weighted by atomic mass is 35.5. The fraction of sp³-hybridized carbons (Fsp3) is 0.429. The van der Waals surface area contributed by atoms with E-state index in [2.05, 4.69) is 9.97 Å². The Morgan fingerprint density at radius 2 is 2.09 bits per heavy atom. The van der Waals surface area contributed by atoms with Crippen LogP contribution in [0.2, 0.25) is 5.28 Å². The molecule has 0 aliphatic rings. The van der Waals surface area contributed by atoms with Gasteiger partial charge in [0, 0.05) is 11.3 Å². The van der Waals surface area contributed by atoms with E-state index in [1.54, 1.807) is 0 Å². The summed E-state index contributed by atoms with van der Waals surface area (Å²) in [5, 5.41) is 0.220. The third-order valence-corrected chi connectivity index (χ3v) is 1.74. The largest absolute Gasteiger partial charge is 0.383 e. The van der Waals surface area contributed by atoms with Crippen LogP contribution in [0.3, 0.4) is 0 Å². The van der Waals surface area contributed by atoms with Crippen molar-refractivity contribution >= 4 is 17.4 Å². The number of hydrogen-bond acceptors (Lipinski definition) is 3. The van der Waals surface area contributed by atoms with E-state index in [1.165, 1.54) is 0 Å². The topological polar surface area (TPSA) is 51.8 Å². The van der Waals surface area contributed by atoms with Crippen molar-refractivity contribution in [2.45, 2.75) is 20.3 Å². The molecule has 11 heavy (non-hydrogen) atoms. The van der Waals surface area contributed by atoms with Crippen molar-refractivity contribution in [3.05, 3.63) is 16.5 Å². The first-order valence-electron chi connectivity index (χ1n) is 3.43. The fourth-order valence-electron chi connectivity index (χ4n) is 1.02. The van der Waals surface area contributed by atoms with Crippen molar-refractivity contribution in [3.8, 4) is 0 Å². The second-order valence-corrected chi connectivity index (χ2v) is 2.63. The van der Waals surface area contributed by atoms with Gasteiger partial charge >= 0.3 is 0 Å². The summed E-state index contributed by atoms with van der Waals surface area (Å²) in [6, 6.07) is 0. The van der Waals surface area contributed by atoms with E-state index in [0.717, 1.165) is 17.7 Å². The summed E-state index contributed by atoms with van der Waals surface area (Å²) in [4.78, 5) is 7.82. The molecule has 0 fully saturated rings. The molecule has 4 heteroatoms. The molecule has 1 aromatic heterocycles. The molecule has 3 nitrogen and oxygen atoms in total. The third kappa shape index (κ3) is 1.60. The van der Waals surface area contributed by atoms with Gasteiger partial charge in [-0.2, -0.15) is 0 Å². The van der Waals surface area contributed by atoms with Gasteiger partial charge in [-0.3, -0.25) is 0 Å². The van der Waals surface area contributed by atoms with Crippen molar-refractivity contribution < 1.29 is 0 Å². The maximum absolute atomic E-state index is 5.60. The number of nitrogens with two attached hydrogens (primary N) is 1. The molecular formula is C7H10ClN3. The molecule has 0 saturated carbocycles. The van der Waals surface area contributed by atoms with Gasteiger partial charge in [0.1, 0.15) is 5.82 Å². The zero-order chi connectivity index (χ0) is 8.43. The number of hydrogen-bond donors (Lipinski definition) is 1. The predicted molar refractivity (Wildman–Crippen MR) is 45.6 cm³/mol.